The number of rotatable bonds is 1. The van der Waals surface area contributed by atoms with E-state index in [0.29, 0.717) is 0 Å². The second-order valence-corrected chi connectivity index (χ2v) is 4.20. The molecule has 2 aromatic rings. The van der Waals surface area contributed by atoms with Gasteiger partial charge >= 0.3 is 0 Å². The van der Waals surface area contributed by atoms with Gasteiger partial charge in [-0.05, 0) is 43.2 Å². The second-order valence-electron chi connectivity index (χ2n) is 3.79. The molecule has 0 fully saturated rings. The van der Waals surface area contributed by atoms with Crippen molar-refractivity contribution in [1.29, 1.82) is 0 Å². The van der Waals surface area contributed by atoms with Gasteiger partial charge in [-0.15, -0.1) is 0 Å². The number of nitrogens with zero attached hydrogens (tertiary/aromatic N) is 2. The number of hydrogen-bond acceptors (Lipinski definition) is 1. The summed E-state index contributed by atoms with van der Waals surface area (Å²) in [6, 6.07) is 6.09. The highest BCUT2D eigenvalue weighted by Gasteiger charge is 2.08. The Hall–Kier alpha value is -1.28. The van der Waals surface area contributed by atoms with Crippen molar-refractivity contribution in [3.63, 3.8) is 0 Å². The summed E-state index contributed by atoms with van der Waals surface area (Å²) in [5.41, 5.74) is 4.33. The summed E-state index contributed by atoms with van der Waals surface area (Å²) in [5, 5.41) is 5.18. The van der Waals surface area contributed by atoms with Gasteiger partial charge < -0.3 is 0 Å². The summed E-state index contributed by atoms with van der Waals surface area (Å²) < 4.78 is 1.80. The number of hydrogen-bond donors (Lipinski definition) is 0. The van der Waals surface area contributed by atoms with E-state index < -0.39 is 0 Å². The lowest BCUT2D eigenvalue weighted by molar-refractivity contribution is 0.770. The third-order valence-corrected chi connectivity index (χ3v) is 2.87. The molecule has 15 heavy (non-hydrogen) atoms. The van der Waals surface area contributed by atoms with Crippen molar-refractivity contribution in [2.75, 3.05) is 0 Å². The molecule has 78 valence electrons. The van der Waals surface area contributed by atoms with Crippen LogP contribution in [-0.4, -0.2) is 9.78 Å². The largest absolute Gasteiger partial charge is 0.275 e. The SMILES string of the molecule is Cc1cc(Cl)c(C)c(-c2ccn(C)n2)c1. The third kappa shape index (κ3) is 1.90. The maximum atomic E-state index is 6.14. The summed E-state index contributed by atoms with van der Waals surface area (Å²) >= 11 is 6.14. The molecule has 0 amide bonds. The van der Waals surface area contributed by atoms with Crippen molar-refractivity contribution >= 4 is 11.6 Å². The Morgan fingerprint density at radius 1 is 1.27 bits per heavy atom. The fraction of sp³-hybridized carbons (Fsp3) is 0.250. The van der Waals surface area contributed by atoms with Gasteiger partial charge in [0.1, 0.15) is 0 Å². The van der Waals surface area contributed by atoms with Crippen molar-refractivity contribution in [3.05, 3.63) is 40.5 Å². The van der Waals surface area contributed by atoms with E-state index in [-0.39, 0.29) is 0 Å². The van der Waals surface area contributed by atoms with Crippen LogP contribution in [0, 0.1) is 13.8 Å². The fourth-order valence-electron chi connectivity index (χ4n) is 1.64. The molecular weight excluding hydrogens is 208 g/mol. The predicted molar refractivity (Wildman–Crippen MR) is 63.1 cm³/mol. The van der Waals surface area contributed by atoms with E-state index >= 15 is 0 Å². The predicted octanol–water partition coefficient (Wildman–Crippen LogP) is 3.36. The lowest BCUT2D eigenvalue weighted by atomic mass is 10.0. The molecule has 2 rings (SSSR count). The summed E-state index contributed by atoms with van der Waals surface area (Å²) in [5.74, 6) is 0. The van der Waals surface area contributed by atoms with E-state index in [1.54, 1.807) is 4.68 Å². The highest BCUT2D eigenvalue weighted by atomic mass is 35.5. The Kier molecular flexibility index (Phi) is 2.53. The number of halogens is 1. The van der Waals surface area contributed by atoms with Gasteiger partial charge in [-0.3, -0.25) is 4.68 Å². The monoisotopic (exact) mass is 220 g/mol. The Morgan fingerprint density at radius 2 is 2.00 bits per heavy atom. The van der Waals surface area contributed by atoms with Crippen LogP contribution in [-0.2, 0) is 7.05 Å². The topological polar surface area (TPSA) is 17.8 Å². The van der Waals surface area contributed by atoms with Crippen molar-refractivity contribution in [2.24, 2.45) is 7.05 Å². The maximum absolute atomic E-state index is 6.14. The molecule has 0 radical (unpaired) electrons. The zero-order valence-corrected chi connectivity index (χ0v) is 9.84. The highest BCUT2D eigenvalue weighted by molar-refractivity contribution is 6.31. The smallest absolute Gasteiger partial charge is 0.0926 e. The zero-order chi connectivity index (χ0) is 11.0. The fourth-order valence-corrected chi connectivity index (χ4v) is 1.91. The van der Waals surface area contributed by atoms with Gasteiger partial charge in [0.05, 0.1) is 5.69 Å². The molecule has 2 nitrogen and oxygen atoms in total. The molecule has 3 heteroatoms. The van der Waals surface area contributed by atoms with E-state index in [9.17, 15) is 0 Å². The lowest BCUT2D eigenvalue weighted by Gasteiger charge is -2.06. The minimum Gasteiger partial charge on any atom is -0.275 e. The minimum absolute atomic E-state index is 0.802. The molecule has 0 atom stereocenters. The van der Waals surface area contributed by atoms with Gasteiger partial charge in [-0.2, -0.15) is 5.10 Å². The first kappa shape index (κ1) is 10.2. The van der Waals surface area contributed by atoms with Crippen LogP contribution in [0.25, 0.3) is 11.3 Å². The van der Waals surface area contributed by atoms with Crippen LogP contribution in [0.4, 0.5) is 0 Å². The van der Waals surface area contributed by atoms with Gasteiger partial charge in [0.2, 0.25) is 0 Å². The molecule has 0 aliphatic heterocycles. The summed E-state index contributed by atoms with van der Waals surface area (Å²) in [4.78, 5) is 0. The molecule has 0 N–H and O–H groups in total. The van der Waals surface area contributed by atoms with Crippen molar-refractivity contribution in [2.45, 2.75) is 13.8 Å². The van der Waals surface area contributed by atoms with Gasteiger partial charge in [-0.25, -0.2) is 0 Å². The van der Waals surface area contributed by atoms with E-state index in [2.05, 4.69) is 11.2 Å². The van der Waals surface area contributed by atoms with E-state index in [0.717, 1.165) is 27.4 Å². The van der Waals surface area contributed by atoms with E-state index in [4.69, 9.17) is 11.6 Å². The molecular formula is C12H13ClN2. The van der Waals surface area contributed by atoms with Gasteiger partial charge in [0, 0.05) is 23.8 Å². The first-order valence-corrected chi connectivity index (χ1v) is 5.22. The highest BCUT2D eigenvalue weighted by Crippen LogP contribution is 2.28. The summed E-state index contributed by atoms with van der Waals surface area (Å²) in [7, 11) is 1.91. The van der Waals surface area contributed by atoms with Crippen molar-refractivity contribution in [3.8, 4) is 11.3 Å². The zero-order valence-electron chi connectivity index (χ0n) is 9.08. The van der Waals surface area contributed by atoms with Crippen LogP contribution < -0.4 is 0 Å². The molecule has 0 spiro atoms. The minimum atomic E-state index is 0.802. The van der Waals surface area contributed by atoms with Gasteiger partial charge in [0.25, 0.3) is 0 Å². The van der Waals surface area contributed by atoms with Crippen LogP contribution in [0.5, 0.6) is 0 Å². The summed E-state index contributed by atoms with van der Waals surface area (Å²) in [6.07, 6.45) is 1.94. The molecule has 1 aromatic carbocycles. The molecule has 1 aromatic heterocycles. The standard InChI is InChI=1S/C12H13ClN2/c1-8-6-10(9(2)11(13)7-8)12-4-5-15(3)14-12/h4-7H,1-3H3. The summed E-state index contributed by atoms with van der Waals surface area (Å²) in [6.45, 7) is 4.06. The first-order chi connectivity index (χ1) is 7.08. The number of aromatic nitrogens is 2. The van der Waals surface area contributed by atoms with Crippen LogP contribution in [0.2, 0.25) is 5.02 Å². The lowest BCUT2D eigenvalue weighted by Crippen LogP contribution is -1.91. The molecule has 0 unspecified atom stereocenters. The molecule has 1 heterocycles. The normalized spacial score (nSPS) is 10.7. The molecule has 0 bridgehead atoms. The first-order valence-electron chi connectivity index (χ1n) is 4.84. The van der Waals surface area contributed by atoms with Crippen molar-refractivity contribution in [1.82, 2.24) is 9.78 Å². The second kappa shape index (κ2) is 3.70. The van der Waals surface area contributed by atoms with E-state index in [1.807, 2.05) is 39.2 Å². The average molecular weight is 221 g/mol. The molecule has 0 saturated heterocycles. The van der Waals surface area contributed by atoms with Crippen LogP contribution in [0.15, 0.2) is 24.4 Å². The Labute approximate surface area is 94.5 Å². The van der Waals surface area contributed by atoms with Crippen molar-refractivity contribution < 1.29 is 0 Å². The Morgan fingerprint density at radius 3 is 2.60 bits per heavy atom. The van der Waals surface area contributed by atoms with Crippen LogP contribution in [0.3, 0.4) is 0 Å². The van der Waals surface area contributed by atoms with Gasteiger partial charge in [0.15, 0.2) is 0 Å². The van der Waals surface area contributed by atoms with Gasteiger partial charge in [-0.1, -0.05) is 11.6 Å². The quantitative estimate of drug-likeness (QED) is 0.721. The maximum Gasteiger partial charge on any atom is 0.0926 e. The number of benzene rings is 1. The number of aryl methyl sites for hydroxylation is 2. The third-order valence-electron chi connectivity index (χ3n) is 2.48. The van der Waals surface area contributed by atoms with Crippen LogP contribution >= 0.6 is 11.6 Å². The average Bonchev–Trinajstić information content (AvgIpc) is 2.58. The Bertz CT molecular complexity index is 500. The van der Waals surface area contributed by atoms with E-state index in [1.165, 1.54) is 0 Å². The Balaban J connectivity index is 2.62. The molecule has 0 aliphatic rings. The van der Waals surface area contributed by atoms with Crippen LogP contribution in [0.1, 0.15) is 11.1 Å². The molecule has 0 saturated carbocycles. The molecule has 0 aliphatic carbocycles.